The molecule has 2 rings (SSSR count). The van der Waals surface area contributed by atoms with Gasteiger partial charge in [-0.25, -0.2) is 5.43 Å². The number of alkyl halides is 3. The van der Waals surface area contributed by atoms with Gasteiger partial charge in [0.25, 0.3) is 5.91 Å². The highest BCUT2D eigenvalue weighted by molar-refractivity contribution is 6.00. The SMILES string of the molecule is C/C(=N/NC(=O)[C@@H](O)c1ccccc1)c1ccc(NC(=O)C(F)(F)F)cc1. The second kappa shape index (κ2) is 8.45. The molecule has 2 aromatic rings. The van der Waals surface area contributed by atoms with Gasteiger partial charge in [-0.05, 0) is 30.2 Å². The molecule has 6 nitrogen and oxygen atoms in total. The van der Waals surface area contributed by atoms with Gasteiger partial charge in [-0.3, -0.25) is 9.59 Å². The third kappa shape index (κ3) is 5.65. The van der Waals surface area contributed by atoms with Crippen LogP contribution in [0.4, 0.5) is 18.9 Å². The summed E-state index contributed by atoms with van der Waals surface area (Å²) in [4.78, 5) is 22.8. The molecule has 27 heavy (non-hydrogen) atoms. The van der Waals surface area contributed by atoms with Crippen molar-refractivity contribution < 1.29 is 27.9 Å². The van der Waals surface area contributed by atoms with E-state index in [-0.39, 0.29) is 5.69 Å². The lowest BCUT2D eigenvalue weighted by molar-refractivity contribution is -0.167. The minimum absolute atomic E-state index is 0.0302. The van der Waals surface area contributed by atoms with Crippen LogP contribution in [-0.4, -0.2) is 28.8 Å². The number of benzene rings is 2. The van der Waals surface area contributed by atoms with Crippen molar-refractivity contribution in [2.24, 2.45) is 5.10 Å². The van der Waals surface area contributed by atoms with Crippen molar-refractivity contribution in [3.63, 3.8) is 0 Å². The fraction of sp³-hybridized carbons (Fsp3) is 0.167. The zero-order valence-corrected chi connectivity index (χ0v) is 14.1. The predicted molar refractivity (Wildman–Crippen MR) is 92.9 cm³/mol. The van der Waals surface area contributed by atoms with Crippen molar-refractivity contribution >= 4 is 23.2 Å². The molecule has 0 aromatic heterocycles. The third-order valence-corrected chi connectivity index (χ3v) is 3.52. The van der Waals surface area contributed by atoms with Crippen molar-refractivity contribution in [3.05, 3.63) is 65.7 Å². The highest BCUT2D eigenvalue weighted by Crippen LogP contribution is 2.18. The van der Waals surface area contributed by atoms with Gasteiger partial charge in [-0.1, -0.05) is 42.5 Å². The van der Waals surface area contributed by atoms with Gasteiger partial charge in [0.05, 0.1) is 5.71 Å². The predicted octanol–water partition coefficient (Wildman–Crippen LogP) is 2.76. The van der Waals surface area contributed by atoms with Crippen LogP contribution in [0.2, 0.25) is 0 Å². The number of hydrogen-bond acceptors (Lipinski definition) is 4. The summed E-state index contributed by atoms with van der Waals surface area (Å²) in [5, 5.41) is 15.5. The van der Waals surface area contributed by atoms with Gasteiger partial charge in [-0.15, -0.1) is 0 Å². The van der Waals surface area contributed by atoms with Crippen molar-refractivity contribution in [2.75, 3.05) is 5.32 Å². The number of nitrogens with zero attached hydrogens (tertiary/aromatic N) is 1. The van der Waals surface area contributed by atoms with Crippen LogP contribution in [-0.2, 0) is 9.59 Å². The van der Waals surface area contributed by atoms with Crippen LogP contribution in [0.1, 0.15) is 24.2 Å². The summed E-state index contributed by atoms with van der Waals surface area (Å²) in [6.07, 6.45) is -6.36. The fourth-order valence-corrected chi connectivity index (χ4v) is 2.05. The minimum Gasteiger partial charge on any atom is -0.378 e. The van der Waals surface area contributed by atoms with Gasteiger partial charge in [0.1, 0.15) is 0 Å². The quantitative estimate of drug-likeness (QED) is 0.551. The molecular weight excluding hydrogens is 363 g/mol. The number of amides is 2. The molecule has 1 atom stereocenters. The fourth-order valence-electron chi connectivity index (χ4n) is 2.05. The van der Waals surface area contributed by atoms with Gasteiger partial charge in [0.15, 0.2) is 6.10 Å². The van der Waals surface area contributed by atoms with Crippen LogP contribution in [0.3, 0.4) is 0 Å². The Morgan fingerprint density at radius 1 is 1.04 bits per heavy atom. The second-order valence-electron chi connectivity index (χ2n) is 5.52. The first-order chi connectivity index (χ1) is 12.7. The van der Waals surface area contributed by atoms with Crippen LogP contribution in [0, 0.1) is 0 Å². The van der Waals surface area contributed by atoms with Crippen LogP contribution < -0.4 is 10.7 Å². The van der Waals surface area contributed by atoms with Crippen LogP contribution in [0.5, 0.6) is 0 Å². The van der Waals surface area contributed by atoms with E-state index in [0.717, 1.165) is 0 Å². The summed E-state index contributed by atoms with van der Waals surface area (Å²) in [6, 6.07) is 13.7. The van der Waals surface area contributed by atoms with E-state index < -0.39 is 24.1 Å². The van der Waals surface area contributed by atoms with E-state index in [1.165, 1.54) is 24.3 Å². The smallest absolute Gasteiger partial charge is 0.378 e. The lowest BCUT2D eigenvalue weighted by Gasteiger charge is -2.10. The molecule has 2 amide bonds. The normalized spacial score (nSPS) is 13.0. The molecule has 0 radical (unpaired) electrons. The van der Waals surface area contributed by atoms with E-state index in [1.807, 2.05) is 0 Å². The highest BCUT2D eigenvalue weighted by atomic mass is 19.4. The van der Waals surface area contributed by atoms with E-state index in [0.29, 0.717) is 16.8 Å². The Morgan fingerprint density at radius 3 is 2.19 bits per heavy atom. The van der Waals surface area contributed by atoms with Crippen molar-refractivity contribution in [2.45, 2.75) is 19.2 Å². The summed E-state index contributed by atoms with van der Waals surface area (Å²) in [6.45, 7) is 1.57. The van der Waals surface area contributed by atoms with E-state index in [9.17, 15) is 27.9 Å². The van der Waals surface area contributed by atoms with Crippen molar-refractivity contribution in [1.82, 2.24) is 5.43 Å². The van der Waals surface area contributed by atoms with Gasteiger partial charge in [0, 0.05) is 5.69 Å². The monoisotopic (exact) mass is 379 g/mol. The molecule has 0 aliphatic heterocycles. The highest BCUT2D eigenvalue weighted by Gasteiger charge is 2.38. The zero-order chi connectivity index (χ0) is 20.0. The molecule has 3 N–H and O–H groups in total. The van der Waals surface area contributed by atoms with Crippen LogP contribution in [0.15, 0.2) is 59.7 Å². The summed E-state index contributed by atoms with van der Waals surface area (Å²) < 4.78 is 36.6. The lowest BCUT2D eigenvalue weighted by Crippen LogP contribution is -2.29. The topological polar surface area (TPSA) is 90.8 Å². The molecular formula is C18H16F3N3O3. The summed E-state index contributed by atoms with van der Waals surface area (Å²) >= 11 is 0. The Balaban J connectivity index is 1.99. The Labute approximate surface area is 152 Å². The molecule has 0 bridgehead atoms. The number of nitrogens with one attached hydrogen (secondary N) is 2. The minimum atomic E-state index is -4.97. The maximum Gasteiger partial charge on any atom is 0.471 e. The zero-order valence-electron chi connectivity index (χ0n) is 14.1. The van der Waals surface area contributed by atoms with Crippen LogP contribution in [0.25, 0.3) is 0 Å². The number of aliphatic hydroxyl groups excluding tert-OH is 1. The number of carbonyl (C=O) groups excluding carboxylic acids is 2. The van der Waals surface area contributed by atoms with Gasteiger partial charge in [0.2, 0.25) is 0 Å². The van der Waals surface area contributed by atoms with Crippen molar-refractivity contribution in [1.29, 1.82) is 0 Å². The number of aliphatic hydroxyl groups is 1. The van der Waals surface area contributed by atoms with Crippen molar-refractivity contribution in [3.8, 4) is 0 Å². The third-order valence-electron chi connectivity index (χ3n) is 3.52. The van der Waals surface area contributed by atoms with E-state index in [1.54, 1.807) is 42.6 Å². The second-order valence-corrected chi connectivity index (χ2v) is 5.52. The van der Waals surface area contributed by atoms with E-state index in [4.69, 9.17) is 0 Å². The summed E-state index contributed by atoms with van der Waals surface area (Å²) in [5.41, 5.74) is 3.47. The number of rotatable bonds is 5. The average Bonchev–Trinajstić information content (AvgIpc) is 2.65. The molecule has 0 unspecified atom stereocenters. The Morgan fingerprint density at radius 2 is 1.63 bits per heavy atom. The standard InChI is InChI=1S/C18H16F3N3O3/c1-11(23-24-16(26)15(25)13-5-3-2-4-6-13)12-7-9-14(10-8-12)22-17(27)18(19,20)21/h2-10,15,25H,1H3,(H,22,27)(H,24,26)/b23-11-/t15-/m0/s1. The molecule has 0 saturated heterocycles. The van der Waals surface area contributed by atoms with E-state index >= 15 is 0 Å². The summed E-state index contributed by atoms with van der Waals surface area (Å²) in [7, 11) is 0. The first-order valence-corrected chi connectivity index (χ1v) is 7.74. The number of hydrazone groups is 1. The number of anilines is 1. The molecule has 0 heterocycles. The van der Waals surface area contributed by atoms with Crippen LogP contribution >= 0.6 is 0 Å². The molecule has 0 saturated carbocycles. The summed E-state index contributed by atoms with van der Waals surface area (Å²) in [5.74, 6) is -2.79. The Bertz CT molecular complexity index is 834. The largest absolute Gasteiger partial charge is 0.471 e. The Hall–Kier alpha value is -3.20. The van der Waals surface area contributed by atoms with Gasteiger partial charge >= 0.3 is 12.1 Å². The maximum absolute atomic E-state index is 12.2. The van der Waals surface area contributed by atoms with E-state index in [2.05, 4.69) is 10.5 Å². The Kier molecular flexibility index (Phi) is 6.30. The lowest BCUT2D eigenvalue weighted by atomic mass is 10.1. The number of halogens is 3. The number of hydrogen-bond donors (Lipinski definition) is 3. The number of carbonyl (C=O) groups is 2. The maximum atomic E-state index is 12.2. The first kappa shape index (κ1) is 20.1. The molecule has 142 valence electrons. The molecule has 0 spiro atoms. The molecule has 2 aromatic carbocycles. The molecule has 0 aliphatic carbocycles. The molecule has 0 aliphatic rings. The van der Waals surface area contributed by atoms with Gasteiger partial charge < -0.3 is 10.4 Å². The average molecular weight is 379 g/mol. The molecule has 9 heteroatoms. The molecule has 0 fully saturated rings. The van der Waals surface area contributed by atoms with Gasteiger partial charge in [-0.2, -0.15) is 18.3 Å². The first-order valence-electron chi connectivity index (χ1n) is 7.74.